The SMILES string of the molecule is C=CCN(CC(=O)N(Cc1ccccc1)Cc1ccc(C)s1)C(=O)CCC. The van der Waals surface area contributed by atoms with Gasteiger partial charge in [0, 0.05) is 29.3 Å². The van der Waals surface area contributed by atoms with E-state index in [0.29, 0.717) is 26.1 Å². The van der Waals surface area contributed by atoms with Crippen LogP contribution in [0.1, 0.15) is 35.1 Å². The average Bonchev–Trinajstić information content (AvgIpc) is 3.06. The predicted octanol–water partition coefficient (Wildman–Crippen LogP) is 4.40. The lowest BCUT2D eigenvalue weighted by Gasteiger charge is -2.27. The molecule has 0 radical (unpaired) electrons. The van der Waals surface area contributed by atoms with Crippen molar-refractivity contribution in [3.05, 3.63) is 70.4 Å². The molecule has 0 N–H and O–H groups in total. The van der Waals surface area contributed by atoms with E-state index in [9.17, 15) is 9.59 Å². The van der Waals surface area contributed by atoms with E-state index in [1.807, 2.05) is 42.2 Å². The van der Waals surface area contributed by atoms with Gasteiger partial charge in [-0.2, -0.15) is 0 Å². The van der Waals surface area contributed by atoms with E-state index >= 15 is 0 Å². The molecule has 1 heterocycles. The number of benzene rings is 1. The largest absolute Gasteiger partial charge is 0.332 e. The molecule has 1 aromatic heterocycles. The second-order valence-corrected chi connectivity index (χ2v) is 7.93. The number of amides is 2. The summed E-state index contributed by atoms with van der Waals surface area (Å²) in [6.45, 7) is 9.30. The van der Waals surface area contributed by atoms with Crippen LogP contribution in [0.3, 0.4) is 0 Å². The Morgan fingerprint density at radius 3 is 2.37 bits per heavy atom. The van der Waals surface area contributed by atoms with E-state index in [0.717, 1.165) is 16.9 Å². The summed E-state index contributed by atoms with van der Waals surface area (Å²) in [5.41, 5.74) is 1.08. The molecule has 2 amide bonds. The number of carbonyl (C=O) groups excluding carboxylic acids is 2. The monoisotopic (exact) mass is 384 g/mol. The number of nitrogens with zero attached hydrogens (tertiary/aromatic N) is 2. The smallest absolute Gasteiger partial charge is 0.242 e. The Morgan fingerprint density at radius 2 is 1.78 bits per heavy atom. The number of hydrogen-bond acceptors (Lipinski definition) is 3. The zero-order chi connectivity index (χ0) is 19.6. The van der Waals surface area contributed by atoms with Crippen molar-refractivity contribution in [2.75, 3.05) is 13.1 Å². The van der Waals surface area contributed by atoms with E-state index in [1.165, 1.54) is 4.88 Å². The molecule has 0 fully saturated rings. The van der Waals surface area contributed by atoms with Crippen LogP contribution in [0.5, 0.6) is 0 Å². The standard InChI is InChI=1S/C22H28N2O2S/c1-4-9-21(25)23(14-5-2)17-22(26)24(15-19-10-7-6-8-11-19)16-20-13-12-18(3)27-20/h5-8,10-13H,2,4,9,14-17H2,1,3H3. The van der Waals surface area contributed by atoms with Crippen LogP contribution < -0.4 is 0 Å². The van der Waals surface area contributed by atoms with Gasteiger partial charge in [-0.15, -0.1) is 17.9 Å². The lowest BCUT2D eigenvalue weighted by Crippen LogP contribution is -2.42. The predicted molar refractivity (Wildman–Crippen MR) is 111 cm³/mol. The molecule has 1 aromatic carbocycles. The Hall–Kier alpha value is -2.40. The first-order valence-corrected chi connectivity index (χ1v) is 10.1. The summed E-state index contributed by atoms with van der Waals surface area (Å²) in [6, 6.07) is 14.1. The van der Waals surface area contributed by atoms with Crippen molar-refractivity contribution in [1.29, 1.82) is 0 Å². The topological polar surface area (TPSA) is 40.6 Å². The third-order valence-electron chi connectivity index (χ3n) is 4.20. The van der Waals surface area contributed by atoms with Gasteiger partial charge in [-0.05, 0) is 31.0 Å². The fourth-order valence-corrected chi connectivity index (χ4v) is 3.75. The fraction of sp³-hybridized carbons (Fsp3) is 0.364. The van der Waals surface area contributed by atoms with Crippen LogP contribution in [0.15, 0.2) is 55.1 Å². The van der Waals surface area contributed by atoms with Crippen LogP contribution >= 0.6 is 11.3 Å². The molecule has 0 spiro atoms. The van der Waals surface area contributed by atoms with Crippen LogP contribution in [-0.4, -0.2) is 34.7 Å². The summed E-state index contributed by atoms with van der Waals surface area (Å²) < 4.78 is 0. The van der Waals surface area contributed by atoms with Crippen LogP contribution in [0.2, 0.25) is 0 Å². The van der Waals surface area contributed by atoms with Gasteiger partial charge in [0.15, 0.2) is 0 Å². The highest BCUT2D eigenvalue weighted by Crippen LogP contribution is 2.19. The van der Waals surface area contributed by atoms with E-state index < -0.39 is 0 Å². The quantitative estimate of drug-likeness (QED) is 0.570. The highest BCUT2D eigenvalue weighted by Gasteiger charge is 2.21. The Kier molecular flexibility index (Phi) is 8.27. The van der Waals surface area contributed by atoms with Crippen molar-refractivity contribution in [1.82, 2.24) is 9.80 Å². The molecule has 0 aliphatic heterocycles. The molecule has 0 atom stereocenters. The van der Waals surface area contributed by atoms with Gasteiger partial charge in [-0.3, -0.25) is 9.59 Å². The van der Waals surface area contributed by atoms with Gasteiger partial charge < -0.3 is 9.80 Å². The normalized spacial score (nSPS) is 10.4. The van der Waals surface area contributed by atoms with Gasteiger partial charge in [-0.1, -0.05) is 43.3 Å². The molecule has 2 rings (SSSR count). The van der Waals surface area contributed by atoms with Crippen LogP contribution in [0.4, 0.5) is 0 Å². The number of rotatable bonds is 10. The maximum Gasteiger partial charge on any atom is 0.242 e. The fourth-order valence-electron chi connectivity index (χ4n) is 2.84. The zero-order valence-electron chi connectivity index (χ0n) is 16.2. The molecule has 0 aliphatic rings. The van der Waals surface area contributed by atoms with Crippen molar-refractivity contribution in [3.8, 4) is 0 Å². The average molecular weight is 385 g/mol. The molecule has 2 aromatic rings. The second kappa shape index (κ2) is 10.7. The Morgan fingerprint density at radius 1 is 1.04 bits per heavy atom. The Bertz CT molecular complexity index is 755. The summed E-state index contributed by atoms with van der Waals surface area (Å²) in [4.78, 5) is 31.2. The summed E-state index contributed by atoms with van der Waals surface area (Å²) in [7, 11) is 0. The number of hydrogen-bond donors (Lipinski definition) is 0. The molecular formula is C22H28N2O2S. The molecule has 5 heteroatoms. The highest BCUT2D eigenvalue weighted by molar-refractivity contribution is 7.11. The van der Waals surface area contributed by atoms with Crippen molar-refractivity contribution < 1.29 is 9.59 Å². The van der Waals surface area contributed by atoms with Gasteiger partial charge >= 0.3 is 0 Å². The first kappa shape index (κ1) is 20.9. The number of aryl methyl sites for hydroxylation is 1. The third-order valence-corrected chi connectivity index (χ3v) is 5.19. The molecule has 0 bridgehead atoms. The van der Waals surface area contributed by atoms with Crippen molar-refractivity contribution in [2.45, 2.75) is 39.8 Å². The summed E-state index contributed by atoms with van der Waals surface area (Å²) >= 11 is 1.70. The van der Waals surface area contributed by atoms with Crippen molar-refractivity contribution in [2.24, 2.45) is 0 Å². The molecule has 0 saturated carbocycles. The zero-order valence-corrected chi connectivity index (χ0v) is 17.0. The van der Waals surface area contributed by atoms with Crippen molar-refractivity contribution >= 4 is 23.2 Å². The van der Waals surface area contributed by atoms with E-state index in [-0.39, 0.29) is 18.4 Å². The van der Waals surface area contributed by atoms with Gasteiger partial charge in [0.25, 0.3) is 0 Å². The number of carbonyl (C=O) groups is 2. The molecule has 0 saturated heterocycles. The van der Waals surface area contributed by atoms with E-state index in [4.69, 9.17) is 0 Å². The van der Waals surface area contributed by atoms with Gasteiger partial charge in [0.2, 0.25) is 11.8 Å². The molecular weight excluding hydrogens is 356 g/mol. The molecule has 0 unspecified atom stereocenters. The van der Waals surface area contributed by atoms with Gasteiger partial charge in [0.1, 0.15) is 6.54 Å². The summed E-state index contributed by atoms with van der Waals surface area (Å²) in [5, 5.41) is 0. The summed E-state index contributed by atoms with van der Waals surface area (Å²) in [5.74, 6) is -0.0476. The maximum absolute atomic E-state index is 13.1. The molecule has 4 nitrogen and oxygen atoms in total. The van der Waals surface area contributed by atoms with Crippen LogP contribution in [0.25, 0.3) is 0 Å². The minimum Gasteiger partial charge on any atom is -0.332 e. The summed E-state index contributed by atoms with van der Waals surface area (Å²) in [6.07, 6.45) is 2.89. The number of thiophene rings is 1. The van der Waals surface area contributed by atoms with Gasteiger partial charge in [0.05, 0.1) is 6.54 Å². The molecule has 0 aliphatic carbocycles. The van der Waals surface area contributed by atoms with Crippen LogP contribution in [-0.2, 0) is 22.7 Å². The maximum atomic E-state index is 13.1. The Balaban J connectivity index is 2.15. The van der Waals surface area contributed by atoms with Crippen LogP contribution in [0, 0.1) is 6.92 Å². The minimum absolute atomic E-state index is 0.00243. The van der Waals surface area contributed by atoms with Crippen molar-refractivity contribution in [3.63, 3.8) is 0 Å². The first-order valence-electron chi connectivity index (χ1n) is 9.29. The lowest BCUT2D eigenvalue weighted by molar-refractivity contribution is -0.140. The lowest BCUT2D eigenvalue weighted by atomic mass is 10.2. The molecule has 144 valence electrons. The van der Waals surface area contributed by atoms with Gasteiger partial charge in [-0.25, -0.2) is 0 Å². The first-order chi connectivity index (χ1) is 13.0. The highest BCUT2D eigenvalue weighted by atomic mass is 32.1. The minimum atomic E-state index is -0.0452. The third kappa shape index (κ3) is 6.68. The Labute approximate surface area is 166 Å². The van der Waals surface area contributed by atoms with E-state index in [2.05, 4.69) is 25.6 Å². The molecule has 27 heavy (non-hydrogen) atoms. The van der Waals surface area contributed by atoms with E-state index in [1.54, 1.807) is 22.3 Å². The second-order valence-electron chi connectivity index (χ2n) is 6.56.